The maximum absolute atomic E-state index is 7.00. The van der Waals surface area contributed by atoms with Gasteiger partial charge in [-0.2, -0.15) is 0 Å². The van der Waals surface area contributed by atoms with Gasteiger partial charge in [0.15, 0.2) is 0 Å². The molecule has 1 nitrogen and oxygen atoms in total. The second kappa shape index (κ2) is 8.25. The van der Waals surface area contributed by atoms with E-state index in [1.807, 2.05) is 34.6 Å². The maximum atomic E-state index is 7.00. The first-order chi connectivity index (χ1) is 5.63. The number of allylic oxidation sites excluding steroid dienone is 4. The summed E-state index contributed by atoms with van der Waals surface area (Å²) in [6, 6.07) is 0. The van der Waals surface area contributed by atoms with Crippen LogP contribution in [0.15, 0.2) is 22.8 Å². The number of nitrogens with one attached hydrogen (secondary N) is 1. The van der Waals surface area contributed by atoms with Gasteiger partial charge in [0.1, 0.15) is 0 Å². The minimum atomic E-state index is 1.04. The van der Waals surface area contributed by atoms with Crippen molar-refractivity contribution in [1.29, 1.82) is 5.41 Å². The normalized spacial score (nSPS) is 12.7. The van der Waals surface area contributed by atoms with Gasteiger partial charge in [0, 0.05) is 6.21 Å². The van der Waals surface area contributed by atoms with E-state index in [4.69, 9.17) is 5.41 Å². The van der Waals surface area contributed by atoms with Crippen LogP contribution in [0.1, 0.15) is 41.5 Å². The minimum Gasteiger partial charge on any atom is -0.308 e. The standard InChI is InChI=1S/C9H15N.C2H6/c1-5-7(2)9(4)8(3)6-10;1-2/h5-6,10H,1-4H3;1-2H3/b7-5-,9-8-,10-6?;. The second-order valence-electron chi connectivity index (χ2n) is 2.42. The highest BCUT2D eigenvalue weighted by Crippen LogP contribution is 2.11. The van der Waals surface area contributed by atoms with Crippen LogP contribution in [0.5, 0.6) is 0 Å². The van der Waals surface area contributed by atoms with Gasteiger partial charge in [0.05, 0.1) is 0 Å². The Balaban J connectivity index is 0. The third kappa shape index (κ3) is 4.89. The molecule has 0 saturated heterocycles. The van der Waals surface area contributed by atoms with E-state index in [1.54, 1.807) is 0 Å². The van der Waals surface area contributed by atoms with Gasteiger partial charge in [-0.15, -0.1) is 0 Å². The molecule has 0 aromatic heterocycles. The molecular weight excluding hydrogens is 146 g/mol. The topological polar surface area (TPSA) is 23.9 Å². The van der Waals surface area contributed by atoms with E-state index in [0.717, 1.165) is 5.57 Å². The van der Waals surface area contributed by atoms with Crippen LogP contribution in [-0.2, 0) is 0 Å². The number of hydrogen-bond acceptors (Lipinski definition) is 1. The molecule has 0 aromatic carbocycles. The predicted octanol–water partition coefficient (Wildman–Crippen LogP) is 3.96. The van der Waals surface area contributed by atoms with Gasteiger partial charge in [-0.3, -0.25) is 0 Å². The van der Waals surface area contributed by atoms with Crippen molar-refractivity contribution >= 4 is 6.21 Å². The van der Waals surface area contributed by atoms with Gasteiger partial charge < -0.3 is 5.41 Å². The first kappa shape index (κ1) is 13.7. The van der Waals surface area contributed by atoms with Gasteiger partial charge in [-0.1, -0.05) is 25.5 Å². The molecule has 0 spiro atoms. The summed E-state index contributed by atoms with van der Waals surface area (Å²) in [4.78, 5) is 0. The molecule has 0 heterocycles. The molecule has 0 radical (unpaired) electrons. The zero-order valence-electron chi connectivity index (χ0n) is 9.15. The summed E-state index contributed by atoms with van der Waals surface area (Å²) in [5.74, 6) is 0. The van der Waals surface area contributed by atoms with E-state index in [2.05, 4.69) is 13.0 Å². The molecule has 0 aromatic rings. The summed E-state index contributed by atoms with van der Waals surface area (Å²) in [5.41, 5.74) is 3.49. The van der Waals surface area contributed by atoms with Crippen molar-refractivity contribution in [3.05, 3.63) is 22.8 Å². The first-order valence-electron chi connectivity index (χ1n) is 4.44. The van der Waals surface area contributed by atoms with Crippen molar-refractivity contribution < 1.29 is 0 Å². The van der Waals surface area contributed by atoms with Crippen molar-refractivity contribution in [1.82, 2.24) is 0 Å². The largest absolute Gasteiger partial charge is 0.308 e. The zero-order chi connectivity index (χ0) is 10.1. The Kier molecular flexibility index (Phi) is 9.43. The number of hydrogen-bond donors (Lipinski definition) is 1. The Morgan fingerprint density at radius 2 is 1.50 bits per heavy atom. The SMILES string of the molecule is C/C=C(C)\C(C)=C(\C)C=N.CC. The third-order valence-corrected chi connectivity index (χ3v) is 1.83. The van der Waals surface area contributed by atoms with E-state index in [-0.39, 0.29) is 0 Å². The Hall–Kier alpha value is -0.850. The lowest BCUT2D eigenvalue weighted by Crippen LogP contribution is -1.85. The Morgan fingerprint density at radius 1 is 1.08 bits per heavy atom. The average molecular weight is 167 g/mol. The smallest absolute Gasteiger partial charge is 0.0209 e. The van der Waals surface area contributed by atoms with Crippen LogP contribution in [0.4, 0.5) is 0 Å². The fraction of sp³-hybridized carbons (Fsp3) is 0.545. The maximum Gasteiger partial charge on any atom is 0.0209 e. The molecule has 0 atom stereocenters. The molecule has 0 aliphatic heterocycles. The monoisotopic (exact) mass is 167 g/mol. The van der Waals surface area contributed by atoms with E-state index in [9.17, 15) is 0 Å². The Labute approximate surface area is 76.7 Å². The highest BCUT2D eigenvalue weighted by Gasteiger charge is 1.93. The fourth-order valence-corrected chi connectivity index (χ4v) is 0.636. The van der Waals surface area contributed by atoms with E-state index in [1.165, 1.54) is 17.4 Å². The molecule has 0 amide bonds. The van der Waals surface area contributed by atoms with Crippen LogP contribution in [0, 0.1) is 5.41 Å². The molecule has 1 heteroatoms. The van der Waals surface area contributed by atoms with Crippen molar-refractivity contribution in [2.24, 2.45) is 0 Å². The molecule has 70 valence electrons. The lowest BCUT2D eigenvalue weighted by molar-refractivity contribution is 1.28. The predicted molar refractivity (Wildman–Crippen MR) is 57.9 cm³/mol. The lowest BCUT2D eigenvalue weighted by Gasteiger charge is -2.01. The quantitative estimate of drug-likeness (QED) is 0.475. The van der Waals surface area contributed by atoms with E-state index < -0.39 is 0 Å². The lowest BCUT2D eigenvalue weighted by atomic mass is 10.0. The van der Waals surface area contributed by atoms with Gasteiger partial charge >= 0.3 is 0 Å². The van der Waals surface area contributed by atoms with Crippen molar-refractivity contribution in [3.63, 3.8) is 0 Å². The minimum absolute atomic E-state index is 1.04. The average Bonchev–Trinajstić information content (AvgIpc) is 2.17. The van der Waals surface area contributed by atoms with E-state index >= 15 is 0 Å². The first-order valence-corrected chi connectivity index (χ1v) is 4.44. The fourth-order valence-electron chi connectivity index (χ4n) is 0.636. The van der Waals surface area contributed by atoms with Crippen LogP contribution in [0.3, 0.4) is 0 Å². The molecule has 0 aliphatic rings. The van der Waals surface area contributed by atoms with Crippen LogP contribution in [-0.4, -0.2) is 6.21 Å². The second-order valence-corrected chi connectivity index (χ2v) is 2.42. The van der Waals surface area contributed by atoms with Crippen molar-refractivity contribution in [2.75, 3.05) is 0 Å². The Bertz CT molecular complexity index is 185. The van der Waals surface area contributed by atoms with Gasteiger partial charge in [-0.05, 0) is 38.8 Å². The summed E-state index contributed by atoms with van der Waals surface area (Å²) in [7, 11) is 0. The van der Waals surface area contributed by atoms with Crippen LogP contribution in [0.25, 0.3) is 0 Å². The van der Waals surface area contributed by atoms with Crippen molar-refractivity contribution in [3.8, 4) is 0 Å². The van der Waals surface area contributed by atoms with Gasteiger partial charge in [0.2, 0.25) is 0 Å². The summed E-state index contributed by atoms with van der Waals surface area (Å²) < 4.78 is 0. The van der Waals surface area contributed by atoms with Gasteiger partial charge in [0.25, 0.3) is 0 Å². The third-order valence-electron chi connectivity index (χ3n) is 1.83. The Morgan fingerprint density at radius 3 is 1.75 bits per heavy atom. The molecule has 0 bridgehead atoms. The highest BCUT2D eigenvalue weighted by molar-refractivity contribution is 5.77. The molecule has 0 unspecified atom stereocenters. The molecule has 0 rings (SSSR count). The molecule has 0 aliphatic carbocycles. The zero-order valence-corrected chi connectivity index (χ0v) is 9.15. The van der Waals surface area contributed by atoms with E-state index in [0.29, 0.717) is 0 Å². The molecule has 1 N–H and O–H groups in total. The summed E-state index contributed by atoms with van der Waals surface area (Å²) >= 11 is 0. The number of rotatable bonds is 2. The molecule has 0 fully saturated rings. The molecule has 0 saturated carbocycles. The summed E-state index contributed by atoms with van der Waals surface area (Å²) in [5, 5.41) is 7.00. The summed E-state index contributed by atoms with van der Waals surface area (Å²) in [6.45, 7) is 12.1. The van der Waals surface area contributed by atoms with Crippen LogP contribution >= 0.6 is 0 Å². The highest BCUT2D eigenvalue weighted by atomic mass is 14.3. The molecule has 12 heavy (non-hydrogen) atoms. The van der Waals surface area contributed by atoms with Crippen molar-refractivity contribution in [2.45, 2.75) is 41.5 Å². The summed E-state index contributed by atoms with van der Waals surface area (Å²) in [6.07, 6.45) is 3.45. The van der Waals surface area contributed by atoms with Crippen LogP contribution < -0.4 is 0 Å². The van der Waals surface area contributed by atoms with Gasteiger partial charge in [-0.25, -0.2) is 0 Å². The van der Waals surface area contributed by atoms with Crippen LogP contribution in [0.2, 0.25) is 0 Å². The molecular formula is C11H21N.